The molecule has 0 amide bonds. The Labute approximate surface area is 144 Å². The molecule has 124 valence electrons. The summed E-state index contributed by atoms with van der Waals surface area (Å²) in [5.41, 5.74) is 6.86. The minimum Gasteiger partial charge on any atom is -0.385 e. The van der Waals surface area contributed by atoms with E-state index in [9.17, 15) is 5.11 Å². The summed E-state index contributed by atoms with van der Waals surface area (Å²) in [6.45, 7) is 3.36. The standard InChI is InChI=1S/C17H19N5OS/c1-11-19-13-14(20-16(18)21-15(13)24-11)22-9-7-17(23,8-10-22)12-5-3-2-4-6-12/h2-6,23H,7-10H2,1H3,(H2,18,20,21). The predicted octanol–water partition coefficient (Wildman–Crippen LogP) is 2.46. The number of nitrogens with two attached hydrogens (primary N) is 1. The Morgan fingerprint density at radius 3 is 2.54 bits per heavy atom. The Morgan fingerprint density at radius 1 is 1.12 bits per heavy atom. The second-order valence-electron chi connectivity index (χ2n) is 6.18. The Kier molecular flexibility index (Phi) is 3.62. The van der Waals surface area contributed by atoms with Crippen LogP contribution in [-0.2, 0) is 5.60 Å². The zero-order chi connectivity index (χ0) is 16.7. The van der Waals surface area contributed by atoms with Crippen molar-refractivity contribution in [3.63, 3.8) is 0 Å². The van der Waals surface area contributed by atoms with E-state index < -0.39 is 5.60 Å². The van der Waals surface area contributed by atoms with E-state index in [4.69, 9.17) is 5.73 Å². The van der Waals surface area contributed by atoms with Crippen LogP contribution in [0.5, 0.6) is 0 Å². The summed E-state index contributed by atoms with van der Waals surface area (Å²) >= 11 is 1.52. The molecule has 0 saturated carbocycles. The van der Waals surface area contributed by atoms with Gasteiger partial charge in [-0.2, -0.15) is 4.98 Å². The summed E-state index contributed by atoms with van der Waals surface area (Å²) in [6, 6.07) is 9.87. The van der Waals surface area contributed by atoms with Crippen molar-refractivity contribution in [2.24, 2.45) is 0 Å². The van der Waals surface area contributed by atoms with Crippen LogP contribution >= 0.6 is 11.3 Å². The molecule has 7 heteroatoms. The Balaban J connectivity index is 1.63. The van der Waals surface area contributed by atoms with Gasteiger partial charge in [0.1, 0.15) is 5.52 Å². The van der Waals surface area contributed by atoms with Gasteiger partial charge in [-0.3, -0.25) is 0 Å². The van der Waals surface area contributed by atoms with Crippen molar-refractivity contribution in [3.05, 3.63) is 40.9 Å². The molecule has 4 rings (SSSR count). The van der Waals surface area contributed by atoms with E-state index in [2.05, 4.69) is 19.9 Å². The van der Waals surface area contributed by atoms with Crippen molar-refractivity contribution in [3.8, 4) is 0 Å². The minimum atomic E-state index is -0.784. The van der Waals surface area contributed by atoms with Crippen molar-refractivity contribution in [1.29, 1.82) is 0 Å². The van der Waals surface area contributed by atoms with Crippen LogP contribution in [-0.4, -0.2) is 33.1 Å². The van der Waals surface area contributed by atoms with Crippen LogP contribution < -0.4 is 10.6 Å². The lowest BCUT2D eigenvalue weighted by Crippen LogP contribution is -2.43. The second-order valence-corrected chi connectivity index (χ2v) is 7.36. The highest BCUT2D eigenvalue weighted by atomic mass is 32.1. The van der Waals surface area contributed by atoms with E-state index in [-0.39, 0.29) is 5.95 Å². The average Bonchev–Trinajstić information content (AvgIpc) is 2.96. The third-order valence-corrected chi connectivity index (χ3v) is 5.43. The van der Waals surface area contributed by atoms with Crippen LogP contribution in [0, 0.1) is 6.92 Å². The maximum absolute atomic E-state index is 11.0. The number of fused-ring (bicyclic) bond motifs is 1. The number of aliphatic hydroxyl groups is 1. The normalized spacial score (nSPS) is 17.3. The molecule has 1 aromatic carbocycles. The van der Waals surface area contributed by atoms with E-state index in [1.54, 1.807) is 0 Å². The van der Waals surface area contributed by atoms with Gasteiger partial charge < -0.3 is 15.7 Å². The Hall–Kier alpha value is -2.25. The summed E-state index contributed by atoms with van der Waals surface area (Å²) < 4.78 is 0. The van der Waals surface area contributed by atoms with Crippen LogP contribution in [0.15, 0.2) is 30.3 Å². The lowest BCUT2D eigenvalue weighted by molar-refractivity contribution is 0.0117. The molecule has 0 radical (unpaired) electrons. The second kappa shape index (κ2) is 5.68. The number of hydrogen-bond acceptors (Lipinski definition) is 7. The predicted molar refractivity (Wildman–Crippen MR) is 96.1 cm³/mol. The number of aryl methyl sites for hydroxylation is 1. The molecule has 6 nitrogen and oxygen atoms in total. The minimum absolute atomic E-state index is 0.269. The number of nitrogen functional groups attached to an aromatic ring is 1. The molecule has 0 aliphatic carbocycles. The third kappa shape index (κ3) is 2.59. The number of thiazole rings is 1. The highest BCUT2D eigenvalue weighted by Gasteiger charge is 2.35. The van der Waals surface area contributed by atoms with E-state index in [0.29, 0.717) is 25.9 Å². The fourth-order valence-electron chi connectivity index (χ4n) is 3.27. The SMILES string of the molecule is Cc1nc2c(N3CCC(O)(c4ccccc4)CC3)nc(N)nc2s1. The van der Waals surface area contributed by atoms with Gasteiger partial charge in [-0.25, -0.2) is 9.97 Å². The summed E-state index contributed by atoms with van der Waals surface area (Å²) in [7, 11) is 0. The maximum atomic E-state index is 11.0. The van der Waals surface area contributed by atoms with Gasteiger partial charge in [0.15, 0.2) is 10.6 Å². The molecule has 2 aromatic heterocycles. The molecule has 1 aliphatic heterocycles. The molecule has 0 spiro atoms. The molecule has 3 aromatic rings. The maximum Gasteiger partial charge on any atom is 0.223 e. The molecule has 1 aliphatic rings. The molecular weight excluding hydrogens is 322 g/mol. The first kappa shape index (κ1) is 15.3. The quantitative estimate of drug-likeness (QED) is 0.744. The van der Waals surface area contributed by atoms with Crippen LogP contribution in [0.1, 0.15) is 23.4 Å². The smallest absolute Gasteiger partial charge is 0.223 e. The molecule has 1 fully saturated rings. The Bertz CT molecular complexity index is 871. The van der Waals surface area contributed by atoms with Crippen molar-refractivity contribution in [2.75, 3.05) is 23.7 Å². The number of anilines is 2. The molecule has 0 atom stereocenters. The molecular formula is C17H19N5OS. The van der Waals surface area contributed by atoms with E-state index >= 15 is 0 Å². The first-order valence-electron chi connectivity index (χ1n) is 7.99. The fourth-order valence-corrected chi connectivity index (χ4v) is 4.06. The van der Waals surface area contributed by atoms with Crippen molar-refractivity contribution >= 4 is 33.5 Å². The molecule has 24 heavy (non-hydrogen) atoms. The van der Waals surface area contributed by atoms with Gasteiger partial charge in [-0.05, 0) is 25.3 Å². The number of hydrogen-bond donors (Lipinski definition) is 2. The summed E-state index contributed by atoms with van der Waals surface area (Å²) in [5.74, 6) is 1.04. The summed E-state index contributed by atoms with van der Waals surface area (Å²) in [6.07, 6.45) is 1.29. The molecule has 1 saturated heterocycles. The zero-order valence-corrected chi connectivity index (χ0v) is 14.3. The van der Waals surface area contributed by atoms with Gasteiger partial charge >= 0.3 is 0 Å². The fraction of sp³-hybridized carbons (Fsp3) is 0.353. The highest BCUT2D eigenvalue weighted by Crippen LogP contribution is 2.36. The number of rotatable bonds is 2. The molecule has 0 bridgehead atoms. The largest absolute Gasteiger partial charge is 0.385 e. The van der Waals surface area contributed by atoms with Gasteiger partial charge in [0.2, 0.25) is 5.95 Å². The van der Waals surface area contributed by atoms with E-state index in [0.717, 1.165) is 26.7 Å². The van der Waals surface area contributed by atoms with E-state index in [1.807, 2.05) is 37.3 Å². The van der Waals surface area contributed by atoms with E-state index in [1.165, 1.54) is 11.3 Å². The zero-order valence-electron chi connectivity index (χ0n) is 13.4. The number of nitrogens with zero attached hydrogens (tertiary/aromatic N) is 4. The monoisotopic (exact) mass is 341 g/mol. The molecule has 0 unspecified atom stereocenters. The number of benzene rings is 1. The van der Waals surface area contributed by atoms with Crippen molar-refractivity contribution < 1.29 is 5.11 Å². The van der Waals surface area contributed by atoms with Crippen LogP contribution in [0.25, 0.3) is 10.3 Å². The van der Waals surface area contributed by atoms with Gasteiger partial charge in [0.25, 0.3) is 0 Å². The number of aromatic nitrogens is 3. The first-order valence-corrected chi connectivity index (χ1v) is 8.80. The van der Waals surface area contributed by atoms with Gasteiger partial charge in [-0.1, -0.05) is 41.7 Å². The summed E-state index contributed by atoms with van der Waals surface area (Å²) in [4.78, 5) is 16.2. The molecule has 3 N–H and O–H groups in total. The Morgan fingerprint density at radius 2 is 1.83 bits per heavy atom. The third-order valence-electron chi connectivity index (χ3n) is 4.57. The average molecular weight is 341 g/mol. The van der Waals surface area contributed by atoms with Gasteiger partial charge in [-0.15, -0.1) is 0 Å². The topological polar surface area (TPSA) is 88.2 Å². The summed E-state index contributed by atoms with van der Waals surface area (Å²) in [5, 5.41) is 11.9. The van der Waals surface area contributed by atoms with Gasteiger partial charge in [0.05, 0.1) is 10.6 Å². The van der Waals surface area contributed by atoms with Crippen LogP contribution in [0.4, 0.5) is 11.8 Å². The van der Waals surface area contributed by atoms with Crippen molar-refractivity contribution in [2.45, 2.75) is 25.4 Å². The van der Waals surface area contributed by atoms with Crippen molar-refractivity contribution in [1.82, 2.24) is 15.0 Å². The van der Waals surface area contributed by atoms with Crippen LogP contribution in [0.3, 0.4) is 0 Å². The highest BCUT2D eigenvalue weighted by molar-refractivity contribution is 7.18. The number of piperidine rings is 1. The lowest BCUT2D eigenvalue weighted by atomic mass is 9.84. The first-order chi connectivity index (χ1) is 11.5. The molecule has 3 heterocycles. The van der Waals surface area contributed by atoms with Crippen LogP contribution in [0.2, 0.25) is 0 Å². The van der Waals surface area contributed by atoms with Gasteiger partial charge in [0, 0.05) is 13.1 Å². The lowest BCUT2D eigenvalue weighted by Gasteiger charge is -2.39.